The third-order valence-corrected chi connectivity index (χ3v) is 1.88. The van der Waals surface area contributed by atoms with Crippen LogP contribution in [0.25, 0.3) is 0 Å². The van der Waals surface area contributed by atoms with E-state index in [2.05, 4.69) is 4.98 Å². The molecular formula is C10H11N3. The molecule has 66 valence electrons. The van der Waals surface area contributed by atoms with E-state index < -0.39 is 0 Å². The second kappa shape index (κ2) is 3.33. The van der Waals surface area contributed by atoms with Crippen LogP contribution in [0.5, 0.6) is 0 Å². The molecule has 0 spiro atoms. The van der Waals surface area contributed by atoms with Crippen molar-refractivity contribution in [1.29, 1.82) is 0 Å². The predicted molar refractivity (Wildman–Crippen MR) is 53.6 cm³/mol. The first kappa shape index (κ1) is 7.89. The van der Waals surface area contributed by atoms with Gasteiger partial charge in [-0.25, -0.2) is 5.84 Å². The number of hydrogen-bond donors (Lipinski definition) is 2. The van der Waals surface area contributed by atoms with Crippen LogP contribution in [0, 0.1) is 0 Å². The molecule has 13 heavy (non-hydrogen) atoms. The van der Waals surface area contributed by atoms with Crippen molar-refractivity contribution in [2.24, 2.45) is 5.84 Å². The normalized spacial score (nSPS) is 9.92. The fourth-order valence-corrected chi connectivity index (χ4v) is 1.20. The van der Waals surface area contributed by atoms with E-state index >= 15 is 0 Å². The number of nitrogens with zero attached hydrogens (tertiary/aromatic N) is 1. The largest absolute Gasteiger partial charge is 0.347 e. The van der Waals surface area contributed by atoms with Crippen LogP contribution < -0.4 is 10.9 Å². The highest BCUT2D eigenvalue weighted by atomic mass is 15.4. The Morgan fingerprint density at radius 2 is 1.77 bits per heavy atom. The Balaban J connectivity index is 2.29. The Bertz CT molecular complexity index is 353. The smallest absolute Gasteiger partial charge is 0.124 e. The summed E-state index contributed by atoms with van der Waals surface area (Å²) in [6.07, 6.45) is 1.85. The summed E-state index contributed by atoms with van der Waals surface area (Å²) in [5, 5.41) is 1.61. The van der Waals surface area contributed by atoms with E-state index in [0.717, 1.165) is 11.5 Å². The van der Waals surface area contributed by atoms with Gasteiger partial charge in [0.1, 0.15) is 5.82 Å². The van der Waals surface area contributed by atoms with Crippen molar-refractivity contribution in [2.45, 2.75) is 0 Å². The predicted octanol–water partition coefficient (Wildman–Crippen LogP) is 2.03. The molecule has 3 nitrogen and oxygen atoms in total. The fourth-order valence-electron chi connectivity index (χ4n) is 1.20. The number of anilines is 2. The monoisotopic (exact) mass is 173 g/mol. The van der Waals surface area contributed by atoms with Crippen molar-refractivity contribution in [3.8, 4) is 0 Å². The zero-order valence-electron chi connectivity index (χ0n) is 7.14. The van der Waals surface area contributed by atoms with Gasteiger partial charge in [-0.2, -0.15) is 0 Å². The molecule has 0 aliphatic heterocycles. The standard InChI is InChI=1S/C10H11N3/c11-13(10-7-4-8-12-10)9-5-2-1-3-6-9/h1-8,12H,11H2. The summed E-state index contributed by atoms with van der Waals surface area (Å²) in [5.74, 6) is 6.74. The molecule has 0 unspecified atom stereocenters. The van der Waals surface area contributed by atoms with Gasteiger partial charge < -0.3 is 4.98 Å². The second-order valence-electron chi connectivity index (χ2n) is 2.76. The molecular weight excluding hydrogens is 162 g/mol. The van der Waals surface area contributed by atoms with Crippen LogP contribution in [0.4, 0.5) is 11.5 Å². The quantitative estimate of drug-likeness (QED) is 0.539. The number of hydrogen-bond acceptors (Lipinski definition) is 2. The molecule has 3 heteroatoms. The molecule has 1 aromatic heterocycles. The molecule has 1 aromatic carbocycles. The topological polar surface area (TPSA) is 45.0 Å². The third-order valence-electron chi connectivity index (χ3n) is 1.88. The molecule has 0 saturated carbocycles. The number of aromatic nitrogens is 1. The first-order valence-corrected chi connectivity index (χ1v) is 4.11. The summed E-state index contributed by atoms with van der Waals surface area (Å²) in [5.41, 5.74) is 0.963. The van der Waals surface area contributed by atoms with Crippen LogP contribution in [0.1, 0.15) is 0 Å². The molecule has 0 bridgehead atoms. The number of H-pyrrole nitrogens is 1. The summed E-state index contributed by atoms with van der Waals surface area (Å²) in [4.78, 5) is 3.04. The van der Waals surface area contributed by atoms with Gasteiger partial charge in [-0.05, 0) is 24.3 Å². The number of para-hydroxylation sites is 1. The molecule has 0 fully saturated rings. The zero-order valence-corrected chi connectivity index (χ0v) is 7.14. The van der Waals surface area contributed by atoms with E-state index in [1.54, 1.807) is 5.01 Å². The molecule has 0 amide bonds. The van der Waals surface area contributed by atoms with Gasteiger partial charge in [0.25, 0.3) is 0 Å². The number of rotatable bonds is 2. The van der Waals surface area contributed by atoms with Crippen LogP contribution in [-0.2, 0) is 0 Å². The number of aromatic amines is 1. The minimum atomic E-state index is 0.881. The van der Waals surface area contributed by atoms with E-state index in [1.165, 1.54) is 0 Å². The fraction of sp³-hybridized carbons (Fsp3) is 0. The lowest BCUT2D eigenvalue weighted by Crippen LogP contribution is -2.24. The summed E-state index contributed by atoms with van der Waals surface area (Å²) in [6.45, 7) is 0. The average molecular weight is 173 g/mol. The molecule has 0 radical (unpaired) electrons. The van der Waals surface area contributed by atoms with E-state index in [-0.39, 0.29) is 0 Å². The maximum atomic E-state index is 5.86. The molecule has 0 saturated heterocycles. The molecule has 2 aromatic rings. The Kier molecular flexibility index (Phi) is 2.02. The van der Waals surface area contributed by atoms with Gasteiger partial charge in [-0.3, -0.25) is 5.01 Å². The van der Waals surface area contributed by atoms with Gasteiger partial charge in [-0.15, -0.1) is 0 Å². The van der Waals surface area contributed by atoms with Gasteiger partial charge in [0.15, 0.2) is 0 Å². The lowest BCUT2D eigenvalue weighted by Gasteiger charge is -2.15. The summed E-state index contributed by atoms with van der Waals surface area (Å²) in [6, 6.07) is 13.6. The number of nitrogens with one attached hydrogen (secondary N) is 1. The summed E-state index contributed by atoms with van der Waals surface area (Å²) in [7, 11) is 0. The van der Waals surface area contributed by atoms with E-state index in [1.807, 2.05) is 48.7 Å². The number of hydrazine groups is 1. The molecule has 0 atom stereocenters. The van der Waals surface area contributed by atoms with Crippen molar-refractivity contribution < 1.29 is 0 Å². The lowest BCUT2D eigenvalue weighted by molar-refractivity contribution is 1.05. The number of nitrogens with two attached hydrogens (primary N) is 1. The Hall–Kier alpha value is -1.74. The van der Waals surface area contributed by atoms with Crippen molar-refractivity contribution in [3.05, 3.63) is 48.7 Å². The second-order valence-corrected chi connectivity index (χ2v) is 2.76. The van der Waals surface area contributed by atoms with Crippen LogP contribution in [0.3, 0.4) is 0 Å². The zero-order chi connectivity index (χ0) is 9.10. The van der Waals surface area contributed by atoms with Gasteiger partial charge in [-0.1, -0.05) is 18.2 Å². The highest BCUT2D eigenvalue weighted by Crippen LogP contribution is 2.18. The van der Waals surface area contributed by atoms with Crippen molar-refractivity contribution in [3.63, 3.8) is 0 Å². The molecule has 0 aliphatic carbocycles. The average Bonchev–Trinajstić information content (AvgIpc) is 2.71. The van der Waals surface area contributed by atoms with E-state index in [0.29, 0.717) is 0 Å². The molecule has 3 N–H and O–H groups in total. The first-order chi connectivity index (χ1) is 6.38. The maximum Gasteiger partial charge on any atom is 0.124 e. The van der Waals surface area contributed by atoms with Gasteiger partial charge >= 0.3 is 0 Å². The molecule has 1 heterocycles. The first-order valence-electron chi connectivity index (χ1n) is 4.11. The van der Waals surface area contributed by atoms with Crippen LogP contribution in [0.2, 0.25) is 0 Å². The number of benzene rings is 1. The Labute approximate surface area is 76.8 Å². The highest BCUT2D eigenvalue weighted by molar-refractivity contribution is 5.57. The van der Waals surface area contributed by atoms with E-state index in [9.17, 15) is 0 Å². The van der Waals surface area contributed by atoms with Crippen LogP contribution in [-0.4, -0.2) is 4.98 Å². The highest BCUT2D eigenvalue weighted by Gasteiger charge is 2.02. The van der Waals surface area contributed by atoms with Crippen molar-refractivity contribution in [1.82, 2.24) is 4.98 Å². The summed E-state index contributed by atoms with van der Waals surface area (Å²) < 4.78 is 0. The third kappa shape index (κ3) is 1.55. The minimum Gasteiger partial charge on any atom is -0.347 e. The van der Waals surface area contributed by atoms with Gasteiger partial charge in [0.2, 0.25) is 0 Å². The Morgan fingerprint density at radius 1 is 1.00 bits per heavy atom. The molecule has 0 aliphatic rings. The van der Waals surface area contributed by atoms with Crippen molar-refractivity contribution >= 4 is 11.5 Å². The Morgan fingerprint density at radius 3 is 2.38 bits per heavy atom. The summed E-state index contributed by atoms with van der Waals surface area (Å²) >= 11 is 0. The van der Waals surface area contributed by atoms with Crippen LogP contribution >= 0.6 is 0 Å². The molecule has 2 rings (SSSR count). The van der Waals surface area contributed by atoms with Crippen molar-refractivity contribution in [2.75, 3.05) is 5.01 Å². The maximum absolute atomic E-state index is 5.86. The van der Waals surface area contributed by atoms with Crippen LogP contribution in [0.15, 0.2) is 48.7 Å². The van der Waals surface area contributed by atoms with E-state index in [4.69, 9.17) is 5.84 Å². The SMILES string of the molecule is NN(c1ccccc1)c1ccc[nH]1. The van der Waals surface area contributed by atoms with Gasteiger partial charge in [0, 0.05) is 6.20 Å². The van der Waals surface area contributed by atoms with Gasteiger partial charge in [0.05, 0.1) is 5.69 Å². The minimum absolute atomic E-state index is 0.881. The lowest BCUT2D eigenvalue weighted by atomic mass is 10.3.